The summed E-state index contributed by atoms with van der Waals surface area (Å²) in [7, 11) is -3.88. The third-order valence-electron chi connectivity index (χ3n) is 5.43. The van der Waals surface area contributed by atoms with E-state index in [1.807, 2.05) is 18.2 Å². The van der Waals surface area contributed by atoms with Crippen molar-refractivity contribution in [2.75, 3.05) is 24.0 Å². The second-order valence-corrected chi connectivity index (χ2v) is 9.53. The number of sulfonamides is 1. The summed E-state index contributed by atoms with van der Waals surface area (Å²) < 4.78 is 45.3. The fraction of sp³-hybridized carbons (Fsp3) is 0.208. The third kappa shape index (κ3) is 4.19. The molecule has 2 atom stereocenters. The fourth-order valence-corrected chi connectivity index (χ4v) is 5.27. The Morgan fingerprint density at radius 2 is 1.55 bits per heavy atom. The van der Waals surface area contributed by atoms with Gasteiger partial charge >= 0.3 is 0 Å². The van der Waals surface area contributed by atoms with Crippen LogP contribution in [0.5, 0.6) is 17.2 Å². The van der Waals surface area contributed by atoms with Crippen LogP contribution in [0.25, 0.3) is 0 Å². The molecule has 0 fully saturated rings. The van der Waals surface area contributed by atoms with Crippen molar-refractivity contribution in [2.45, 2.75) is 17.1 Å². The smallest absolute Gasteiger partial charge is 0.264 e. The molecule has 3 aromatic rings. The molecule has 33 heavy (non-hydrogen) atoms. The highest BCUT2D eigenvalue weighted by molar-refractivity contribution is 7.92. The van der Waals surface area contributed by atoms with Crippen LogP contribution in [-0.2, 0) is 14.8 Å². The van der Waals surface area contributed by atoms with Gasteiger partial charge in [0.15, 0.2) is 17.6 Å². The van der Waals surface area contributed by atoms with E-state index >= 15 is 0 Å². The van der Waals surface area contributed by atoms with Crippen molar-refractivity contribution in [3.8, 4) is 17.2 Å². The molecular weight excluding hydrogens is 444 g/mol. The highest BCUT2D eigenvalue weighted by atomic mass is 32.2. The van der Waals surface area contributed by atoms with Gasteiger partial charge in [-0.1, -0.05) is 42.5 Å². The number of nitrogens with zero attached hydrogens (tertiary/aromatic N) is 1. The lowest BCUT2D eigenvalue weighted by Gasteiger charge is -2.35. The van der Waals surface area contributed by atoms with Crippen molar-refractivity contribution in [1.29, 1.82) is 0 Å². The number of ether oxygens (including phenoxy) is 3. The second kappa shape index (κ2) is 8.67. The molecule has 5 rings (SSSR count). The second-order valence-electron chi connectivity index (χ2n) is 7.67. The average molecular weight is 467 g/mol. The van der Waals surface area contributed by atoms with Crippen molar-refractivity contribution in [3.05, 3.63) is 78.9 Å². The maximum atomic E-state index is 13.3. The zero-order valence-electron chi connectivity index (χ0n) is 17.6. The van der Waals surface area contributed by atoms with E-state index in [2.05, 4.69) is 5.32 Å². The number of benzene rings is 3. The summed E-state index contributed by atoms with van der Waals surface area (Å²) >= 11 is 0. The first-order valence-electron chi connectivity index (χ1n) is 10.5. The predicted octanol–water partition coefficient (Wildman–Crippen LogP) is 2.60. The lowest BCUT2D eigenvalue weighted by atomic mass is 10.2. The highest BCUT2D eigenvalue weighted by Crippen LogP contribution is 2.37. The van der Waals surface area contributed by atoms with E-state index in [0.29, 0.717) is 29.5 Å². The first kappa shape index (κ1) is 21.1. The van der Waals surface area contributed by atoms with Crippen molar-refractivity contribution in [3.63, 3.8) is 0 Å². The lowest BCUT2D eigenvalue weighted by Crippen LogP contribution is -2.52. The Hall–Kier alpha value is -3.72. The van der Waals surface area contributed by atoms with Gasteiger partial charge in [0.05, 0.1) is 23.7 Å². The number of para-hydroxylation sites is 4. The molecule has 0 spiro atoms. The van der Waals surface area contributed by atoms with Crippen molar-refractivity contribution < 1.29 is 27.4 Å². The Kier molecular flexibility index (Phi) is 5.55. The molecule has 170 valence electrons. The van der Waals surface area contributed by atoms with Gasteiger partial charge in [-0.25, -0.2) is 8.42 Å². The van der Waals surface area contributed by atoms with Crippen molar-refractivity contribution in [2.24, 2.45) is 0 Å². The van der Waals surface area contributed by atoms with E-state index in [9.17, 15) is 13.2 Å². The highest BCUT2D eigenvalue weighted by Gasteiger charge is 2.37. The number of carbonyl (C=O) groups excluding carboxylic acids is 1. The summed E-state index contributed by atoms with van der Waals surface area (Å²) in [5.74, 6) is 1.18. The molecule has 2 aliphatic rings. The Bertz CT molecular complexity index is 1260. The maximum absolute atomic E-state index is 13.3. The number of hydrogen-bond acceptors (Lipinski definition) is 6. The monoisotopic (exact) mass is 466 g/mol. The number of carbonyl (C=O) groups is 1. The summed E-state index contributed by atoms with van der Waals surface area (Å²) in [5.41, 5.74) is 0.394. The van der Waals surface area contributed by atoms with Crippen LogP contribution in [0.2, 0.25) is 0 Å². The number of amides is 1. The van der Waals surface area contributed by atoms with Crippen LogP contribution >= 0.6 is 0 Å². The molecule has 3 aromatic carbocycles. The Labute approximate surface area is 191 Å². The zero-order chi connectivity index (χ0) is 22.8. The molecule has 0 saturated heterocycles. The quantitative estimate of drug-likeness (QED) is 0.621. The summed E-state index contributed by atoms with van der Waals surface area (Å²) in [5, 5.41) is 2.81. The fourth-order valence-electron chi connectivity index (χ4n) is 3.78. The van der Waals surface area contributed by atoms with Gasteiger partial charge in [-0.2, -0.15) is 0 Å². The van der Waals surface area contributed by atoms with Crippen LogP contribution in [0.15, 0.2) is 83.8 Å². The van der Waals surface area contributed by atoms with Crippen LogP contribution < -0.4 is 23.8 Å². The normalized spacial score (nSPS) is 19.2. The number of nitrogens with one attached hydrogen (secondary N) is 1. The molecule has 2 heterocycles. The minimum Gasteiger partial charge on any atom is -0.486 e. The topological polar surface area (TPSA) is 94.2 Å². The molecule has 1 amide bonds. The maximum Gasteiger partial charge on any atom is 0.264 e. The molecule has 0 saturated carbocycles. The van der Waals surface area contributed by atoms with Gasteiger partial charge in [-0.05, 0) is 36.4 Å². The first-order valence-corrected chi connectivity index (χ1v) is 12.0. The van der Waals surface area contributed by atoms with Crippen LogP contribution in [-0.4, -0.2) is 46.2 Å². The Morgan fingerprint density at radius 3 is 2.33 bits per heavy atom. The van der Waals surface area contributed by atoms with Crippen molar-refractivity contribution >= 4 is 21.6 Å². The molecule has 0 aromatic heterocycles. The molecule has 8 nitrogen and oxygen atoms in total. The standard InChI is InChI=1S/C24H22N2O6S/c27-24(25-14-17-16-30-21-12-6-7-13-22(21)31-17)23-15-26(19-10-4-5-11-20(19)32-23)33(28,29)18-8-2-1-3-9-18/h1-13,17,23H,14-16H2,(H,25,27)/t17-,23+/m0/s1. The molecule has 1 N–H and O–H groups in total. The Balaban J connectivity index is 1.32. The van der Waals surface area contributed by atoms with E-state index in [-0.39, 0.29) is 24.1 Å². The van der Waals surface area contributed by atoms with Gasteiger partial charge in [-0.3, -0.25) is 9.10 Å². The van der Waals surface area contributed by atoms with E-state index < -0.39 is 22.0 Å². The Morgan fingerprint density at radius 1 is 0.879 bits per heavy atom. The first-order chi connectivity index (χ1) is 16.0. The SMILES string of the molecule is O=C(NC[C@H]1COc2ccccc2O1)[C@H]1CN(S(=O)(=O)c2ccccc2)c2ccccc2O1. The molecule has 2 aliphatic heterocycles. The van der Waals surface area contributed by atoms with Gasteiger partial charge in [0, 0.05) is 0 Å². The van der Waals surface area contributed by atoms with Crippen LogP contribution in [0.4, 0.5) is 5.69 Å². The summed E-state index contributed by atoms with van der Waals surface area (Å²) in [4.78, 5) is 13.1. The van der Waals surface area contributed by atoms with Gasteiger partial charge in [0.2, 0.25) is 0 Å². The van der Waals surface area contributed by atoms with Gasteiger partial charge in [-0.15, -0.1) is 0 Å². The van der Waals surface area contributed by atoms with E-state index in [4.69, 9.17) is 14.2 Å². The van der Waals surface area contributed by atoms with Crippen LogP contribution in [0.1, 0.15) is 0 Å². The average Bonchev–Trinajstić information content (AvgIpc) is 2.87. The molecule has 0 aliphatic carbocycles. The van der Waals surface area contributed by atoms with E-state index in [0.717, 1.165) is 0 Å². The zero-order valence-corrected chi connectivity index (χ0v) is 18.4. The third-order valence-corrected chi connectivity index (χ3v) is 7.22. The van der Waals surface area contributed by atoms with Crippen LogP contribution in [0.3, 0.4) is 0 Å². The van der Waals surface area contributed by atoms with Crippen LogP contribution in [0, 0.1) is 0 Å². The number of anilines is 1. The predicted molar refractivity (Wildman–Crippen MR) is 121 cm³/mol. The largest absolute Gasteiger partial charge is 0.486 e. The van der Waals surface area contributed by atoms with E-state index in [1.165, 1.54) is 16.4 Å². The minimum atomic E-state index is -3.88. The number of fused-ring (bicyclic) bond motifs is 2. The van der Waals surface area contributed by atoms with Gasteiger partial charge in [0.1, 0.15) is 18.5 Å². The molecular formula is C24H22N2O6S. The summed E-state index contributed by atoms with van der Waals surface area (Å²) in [6.07, 6.45) is -1.39. The molecule has 9 heteroatoms. The van der Waals surface area contributed by atoms with Gasteiger partial charge < -0.3 is 19.5 Å². The van der Waals surface area contributed by atoms with Crippen molar-refractivity contribution in [1.82, 2.24) is 5.32 Å². The van der Waals surface area contributed by atoms with Gasteiger partial charge in [0.25, 0.3) is 15.9 Å². The summed E-state index contributed by atoms with van der Waals surface area (Å²) in [6, 6.07) is 22.2. The molecule has 0 bridgehead atoms. The minimum absolute atomic E-state index is 0.146. The number of hydrogen-bond donors (Lipinski definition) is 1. The molecule has 0 radical (unpaired) electrons. The molecule has 0 unspecified atom stereocenters. The summed E-state index contributed by atoms with van der Waals surface area (Å²) in [6.45, 7) is 0.338. The number of rotatable bonds is 5. The lowest BCUT2D eigenvalue weighted by molar-refractivity contribution is -0.128. The van der Waals surface area contributed by atoms with E-state index in [1.54, 1.807) is 48.5 Å².